The first-order chi connectivity index (χ1) is 16.9. The summed E-state index contributed by atoms with van der Waals surface area (Å²) in [6.45, 7) is 2.99. The lowest BCUT2D eigenvalue weighted by molar-refractivity contribution is 0.0162. The highest BCUT2D eigenvalue weighted by atomic mass is 32.2. The Bertz CT molecular complexity index is 1230. The van der Waals surface area contributed by atoms with Gasteiger partial charge in [0.15, 0.2) is 0 Å². The number of amides is 1. The van der Waals surface area contributed by atoms with Crippen molar-refractivity contribution < 1.29 is 22.3 Å². The standard InChI is InChI=1S/C26H28FN3O4S/c27-23-11-9-21(10-12-23)25(30-13-15-34-16-14-30)19-28-26(31)22-7-4-8-24(17-22)35(32,33)29-18-20-5-2-1-3-6-20/h1-12,17,25,29H,13-16,18-19H2,(H,28,31)/t25-/m1/s1. The zero-order valence-corrected chi connectivity index (χ0v) is 20.0. The molecule has 0 aliphatic carbocycles. The van der Waals surface area contributed by atoms with Gasteiger partial charge in [-0.05, 0) is 41.5 Å². The maximum atomic E-state index is 13.5. The van der Waals surface area contributed by atoms with Crippen LogP contribution in [0.25, 0.3) is 0 Å². The van der Waals surface area contributed by atoms with Crippen LogP contribution in [0.2, 0.25) is 0 Å². The third-order valence-electron chi connectivity index (χ3n) is 5.91. The van der Waals surface area contributed by atoms with Crippen LogP contribution < -0.4 is 10.0 Å². The van der Waals surface area contributed by atoms with Crippen LogP contribution in [0.4, 0.5) is 4.39 Å². The van der Waals surface area contributed by atoms with E-state index in [-0.39, 0.29) is 41.3 Å². The number of ether oxygens (including phenoxy) is 1. The minimum Gasteiger partial charge on any atom is -0.379 e. The smallest absolute Gasteiger partial charge is 0.251 e. The van der Waals surface area contributed by atoms with Crippen LogP contribution in [0.3, 0.4) is 0 Å². The molecule has 3 aromatic rings. The molecule has 0 aromatic heterocycles. The van der Waals surface area contributed by atoms with Gasteiger partial charge in [-0.1, -0.05) is 48.5 Å². The maximum absolute atomic E-state index is 13.5. The number of sulfonamides is 1. The molecular weight excluding hydrogens is 469 g/mol. The van der Waals surface area contributed by atoms with E-state index >= 15 is 0 Å². The normalized spacial score (nSPS) is 15.5. The second kappa shape index (κ2) is 11.5. The summed E-state index contributed by atoms with van der Waals surface area (Å²) in [4.78, 5) is 15.2. The minimum absolute atomic E-state index is 0.0179. The maximum Gasteiger partial charge on any atom is 0.251 e. The largest absolute Gasteiger partial charge is 0.379 e. The fourth-order valence-electron chi connectivity index (χ4n) is 3.99. The number of carbonyl (C=O) groups excluding carboxylic acids is 1. The molecule has 1 aliphatic rings. The summed E-state index contributed by atoms with van der Waals surface area (Å²) in [6, 6.07) is 21.2. The third-order valence-corrected chi connectivity index (χ3v) is 7.31. The van der Waals surface area contributed by atoms with Gasteiger partial charge in [0.2, 0.25) is 10.0 Å². The molecule has 1 atom stereocenters. The number of hydrogen-bond acceptors (Lipinski definition) is 5. The number of hydrogen-bond donors (Lipinski definition) is 2. The van der Waals surface area contributed by atoms with Crippen LogP contribution in [0, 0.1) is 5.82 Å². The van der Waals surface area contributed by atoms with Crippen molar-refractivity contribution >= 4 is 15.9 Å². The van der Waals surface area contributed by atoms with E-state index in [4.69, 9.17) is 4.74 Å². The highest BCUT2D eigenvalue weighted by molar-refractivity contribution is 7.89. The second-order valence-corrected chi connectivity index (χ2v) is 10.0. The molecule has 35 heavy (non-hydrogen) atoms. The first kappa shape index (κ1) is 25.0. The fourth-order valence-corrected chi connectivity index (χ4v) is 5.05. The number of halogens is 1. The van der Waals surface area contributed by atoms with Crippen LogP contribution in [0.1, 0.15) is 27.5 Å². The Kier molecular flexibility index (Phi) is 8.25. The molecule has 1 amide bonds. The molecule has 0 unspecified atom stereocenters. The van der Waals surface area contributed by atoms with Gasteiger partial charge in [0.1, 0.15) is 5.82 Å². The van der Waals surface area contributed by atoms with E-state index < -0.39 is 10.0 Å². The number of carbonyl (C=O) groups is 1. The van der Waals surface area contributed by atoms with E-state index in [9.17, 15) is 17.6 Å². The quantitative estimate of drug-likeness (QED) is 0.474. The topological polar surface area (TPSA) is 87.7 Å². The average Bonchev–Trinajstić information content (AvgIpc) is 2.90. The van der Waals surface area contributed by atoms with Crippen molar-refractivity contribution in [2.75, 3.05) is 32.8 Å². The van der Waals surface area contributed by atoms with E-state index in [1.54, 1.807) is 24.3 Å². The molecule has 9 heteroatoms. The lowest BCUT2D eigenvalue weighted by atomic mass is 10.0. The van der Waals surface area contributed by atoms with Crippen molar-refractivity contribution in [3.8, 4) is 0 Å². The van der Waals surface area contributed by atoms with Crippen LogP contribution in [-0.2, 0) is 21.3 Å². The Morgan fingerprint density at radius 1 is 0.971 bits per heavy atom. The van der Waals surface area contributed by atoms with Crippen LogP contribution in [-0.4, -0.2) is 52.1 Å². The van der Waals surface area contributed by atoms with Crippen molar-refractivity contribution in [1.82, 2.24) is 14.9 Å². The van der Waals surface area contributed by atoms with Gasteiger partial charge in [0.05, 0.1) is 24.2 Å². The molecule has 1 fully saturated rings. The molecule has 0 radical (unpaired) electrons. The molecule has 7 nitrogen and oxygen atoms in total. The van der Waals surface area contributed by atoms with Crippen molar-refractivity contribution in [2.24, 2.45) is 0 Å². The average molecular weight is 498 g/mol. The van der Waals surface area contributed by atoms with Gasteiger partial charge < -0.3 is 10.1 Å². The molecule has 1 heterocycles. The van der Waals surface area contributed by atoms with E-state index in [1.807, 2.05) is 30.3 Å². The highest BCUT2D eigenvalue weighted by Gasteiger charge is 2.24. The Morgan fingerprint density at radius 2 is 1.69 bits per heavy atom. The SMILES string of the molecule is O=C(NC[C@H](c1ccc(F)cc1)N1CCOCC1)c1cccc(S(=O)(=O)NCc2ccccc2)c1. The Hall–Kier alpha value is -3.11. The number of nitrogens with one attached hydrogen (secondary N) is 2. The number of nitrogens with zero attached hydrogens (tertiary/aromatic N) is 1. The summed E-state index contributed by atoms with van der Waals surface area (Å²) in [5.74, 6) is -0.706. The molecular formula is C26H28FN3O4S. The first-order valence-corrected chi connectivity index (χ1v) is 12.9. The van der Waals surface area contributed by atoms with Crippen molar-refractivity contribution in [2.45, 2.75) is 17.5 Å². The molecule has 3 aromatic carbocycles. The molecule has 0 saturated carbocycles. The lowest BCUT2D eigenvalue weighted by Gasteiger charge is -2.35. The molecule has 0 bridgehead atoms. The minimum atomic E-state index is -3.80. The number of morpholine rings is 1. The van der Waals surface area contributed by atoms with E-state index in [0.717, 1.165) is 11.1 Å². The van der Waals surface area contributed by atoms with E-state index in [1.165, 1.54) is 24.3 Å². The second-order valence-electron chi connectivity index (χ2n) is 8.26. The predicted molar refractivity (Wildman–Crippen MR) is 131 cm³/mol. The summed E-state index contributed by atoms with van der Waals surface area (Å²) in [7, 11) is -3.80. The highest BCUT2D eigenvalue weighted by Crippen LogP contribution is 2.22. The van der Waals surface area contributed by atoms with E-state index in [0.29, 0.717) is 26.3 Å². The fraction of sp³-hybridized carbons (Fsp3) is 0.269. The van der Waals surface area contributed by atoms with Gasteiger partial charge >= 0.3 is 0 Å². The first-order valence-electron chi connectivity index (χ1n) is 11.4. The van der Waals surface area contributed by atoms with Crippen molar-refractivity contribution in [3.63, 3.8) is 0 Å². The van der Waals surface area contributed by atoms with Gasteiger partial charge in [-0.15, -0.1) is 0 Å². The molecule has 1 saturated heterocycles. The van der Waals surface area contributed by atoms with Gasteiger partial charge in [-0.25, -0.2) is 17.5 Å². The zero-order valence-electron chi connectivity index (χ0n) is 19.2. The number of rotatable bonds is 9. The van der Waals surface area contributed by atoms with Crippen molar-refractivity contribution in [1.29, 1.82) is 0 Å². The Labute approximate surface area is 205 Å². The Morgan fingerprint density at radius 3 is 2.40 bits per heavy atom. The van der Waals surface area contributed by atoms with Crippen LogP contribution in [0.5, 0.6) is 0 Å². The summed E-state index contributed by atoms with van der Waals surface area (Å²) >= 11 is 0. The summed E-state index contributed by atoms with van der Waals surface area (Å²) in [5, 5.41) is 2.92. The van der Waals surface area contributed by atoms with E-state index in [2.05, 4.69) is 14.9 Å². The molecule has 0 spiro atoms. The molecule has 1 aliphatic heterocycles. The monoisotopic (exact) mass is 497 g/mol. The molecule has 184 valence electrons. The zero-order chi connectivity index (χ0) is 24.7. The van der Waals surface area contributed by atoms with Crippen molar-refractivity contribution in [3.05, 3.63) is 101 Å². The molecule has 2 N–H and O–H groups in total. The van der Waals surface area contributed by atoms with Gasteiger partial charge in [0.25, 0.3) is 5.91 Å². The number of benzene rings is 3. The summed E-state index contributed by atoms with van der Waals surface area (Å²) in [6.07, 6.45) is 0. The predicted octanol–water partition coefficient (Wildman–Crippen LogP) is 3.11. The van der Waals surface area contributed by atoms with Crippen LogP contribution >= 0.6 is 0 Å². The Balaban J connectivity index is 1.44. The van der Waals surface area contributed by atoms with Crippen LogP contribution in [0.15, 0.2) is 83.8 Å². The lowest BCUT2D eigenvalue weighted by Crippen LogP contribution is -2.43. The summed E-state index contributed by atoms with van der Waals surface area (Å²) < 4.78 is 47.0. The molecule has 4 rings (SSSR count). The van der Waals surface area contributed by atoms with Gasteiger partial charge in [0, 0.05) is 31.7 Å². The van der Waals surface area contributed by atoms with Gasteiger partial charge in [-0.2, -0.15) is 0 Å². The van der Waals surface area contributed by atoms with Gasteiger partial charge in [-0.3, -0.25) is 9.69 Å². The summed E-state index contributed by atoms with van der Waals surface area (Å²) in [5.41, 5.74) is 1.96. The third kappa shape index (κ3) is 6.73.